The Kier molecular flexibility index (Phi) is 4.56. The van der Waals surface area contributed by atoms with E-state index >= 15 is 0 Å². The summed E-state index contributed by atoms with van der Waals surface area (Å²) in [4.78, 5) is 0. The second-order valence-corrected chi connectivity index (χ2v) is 6.42. The van der Waals surface area contributed by atoms with Gasteiger partial charge in [-0.1, -0.05) is 71.5 Å². The Morgan fingerprint density at radius 3 is 2.00 bits per heavy atom. The molecule has 0 saturated carbocycles. The van der Waals surface area contributed by atoms with Crippen LogP contribution in [-0.4, -0.2) is 0 Å². The molecule has 0 aromatic heterocycles. The fourth-order valence-corrected chi connectivity index (χ4v) is 2.33. The molecule has 0 aliphatic carbocycles. The van der Waals surface area contributed by atoms with Gasteiger partial charge in [0.15, 0.2) is 0 Å². The maximum absolute atomic E-state index is 3.80. The third-order valence-electron chi connectivity index (χ3n) is 3.33. The summed E-state index contributed by atoms with van der Waals surface area (Å²) in [6.07, 6.45) is 3.15. The summed E-state index contributed by atoms with van der Waals surface area (Å²) in [6, 6.07) is 8.85. The molecule has 0 radical (unpaired) electrons. The third-order valence-corrected chi connectivity index (χ3v) is 3.33. The number of hydrogen-bond acceptors (Lipinski definition) is 0. The van der Waals surface area contributed by atoms with Gasteiger partial charge in [-0.25, -0.2) is 0 Å². The zero-order chi connectivity index (χ0) is 13.1. The molecular weight excluding hydrogens is 204 g/mol. The van der Waals surface area contributed by atoms with Gasteiger partial charge in [0.2, 0.25) is 0 Å². The minimum atomic E-state index is 0.319. The second-order valence-electron chi connectivity index (χ2n) is 6.42. The van der Waals surface area contributed by atoms with E-state index in [1.165, 1.54) is 17.5 Å². The van der Waals surface area contributed by atoms with Crippen LogP contribution in [0.4, 0.5) is 0 Å². The molecule has 1 aromatic carbocycles. The molecule has 0 heterocycles. The molecule has 1 unspecified atom stereocenters. The molecule has 17 heavy (non-hydrogen) atoms. The first-order chi connectivity index (χ1) is 7.84. The predicted octanol–water partition coefficient (Wildman–Crippen LogP) is 5.51. The second kappa shape index (κ2) is 5.53. The van der Waals surface area contributed by atoms with E-state index in [2.05, 4.69) is 65.5 Å². The average molecular weight is 230 g/mol. The molecule has 0 heteroatoms. The van der Waals surface area contributed by atoms with E-state index in [0.717, 1.165) is 5.92 Å². The average Bonchev–Trinajstić information content (AvgIpc) is 2.24. The summed E-state index contributed by atoms with van der Waals surface area (Å²) < 4.78 is 0. The van der Waals surface area contributed by atoms with Gasteiger partial charge in [0.25, 0.3) is 0 Å². The van der Waals surface area contributed by atoms with Crippen molar-refractivity contribution < 1.29 is 0 Å². The standard InChI is InChI=1S/C17H26/c1-7-14-8-10-15(11-9-14)16(12-13(2)3)17(4,5)6/h7-11,13,16H,1,12H2,2-6H3. The highest BCUT2D eigenvalue weighted by atomic mass is 14.3. The first kappa shape index (κ1) is 14.0. The van der Waals surface area contributed by atoms with Crippen LogP contribution >= 0.6 is 0 Å². The van der Waals surface area contributed by atoms with Crippen molar-refractivity contribution in [1.29, 1.82) is 0 Å². The lowest BCUT2D eigenvalue weighted by atomic mass is 9.72. The Morgan fingerprint density at radius 2 is 1.65 bits per heavy atom. The van der Waals surface area contributed by atoms with Crippen LogP contribution in [-0.2, 0) is 0 Å². The minimum absolute atomic E-state index is 0.319. The van der Waals surface area contributed by atoms with Crippen LogP contribution in [0.1, 0.15) is 58.1 Å². The fraction of sp³-hybridized carbons (Fsp3) is 0.529. The van der Waals surface area contributed by atoms with E-state index in [1.807, 2.05) is 6.08 Å². The third kappa shape index (κ3) is 4.03. The summed E-state index contributed by atoms with van der Waals surface area (Å²) in [5.74, 6) is 1.36. The lowest BCUT2D eigenvalue weighted by Gasteiger charge is -2.32. The van der Waals surface area contributed by atoms with E-state index in [9.17, 15) is 0 Å². The number of benzene rings is 1. The summed E-state index contributed by atoms with van der Waals surface area (Å²) in [5.41, 5.74) is 2.97. The first-order valence-corrected chi connectivity index (χ1v) is 6.57. The minimum Gasteiger partial charge on any atom is -0.0985 e. The molecule has 0 amide bonds. The van der Waals surface area contributed by atoms with Crippen LogP contribution in [0.5, 0.6) is 0 Å². The van der Waals surface area contributed by atoms with Crippen molar-refractivity contribution in [3.63, 3.8) is 0 Å². The molecule has 0 saturated heterocycles. The smallest absolute Gasteiger partial charge is 0.0111 e. The highest BCUT2D eigenvalue weighted by molar-refractivity contribution is 5.47. The van der Waals surface area contributed by atoms with Crippen molar-refractivity contribution in [2.45, 2.75) is 47.0 Å². The summed E-state index contributed by atoms with van der Waals surface area (Å²) in [5, 5.41) is 0. The molecule has 0 nitrogen and oxygen atoms in total. The molecule has 0 N–H and O–H groups in total. The van der Waals surface area contributed by atoms with Gasteiger partial charge >= 0.3 is 0 Å². The Morgan fingerprint density at radius 1 is 1.12 bits per heavy atom. The van der Waals surface area contributed by atoms with Crippen LogP contribution in [0.15, 0.2) is 30.8 Å². The molecule has 0 aliphatic rings. The molecule has 94 valence electrons. The van der Waals surface area contributed by atoms with Crippen LogP contribution in [0.3, 0.4) is 0 Å². The van der Waals surface area contributed by atoms with Crippen molar-refractivity contribution in [2.24, 2.45) is 11.3 Å². The van der Waals surface area contributed by atoms with Crippen LogP contribution in [0, 0.1) is 11.3 Å². The highest BCUT2D eigenvalue weighted by Crippen LogP contribution is 2.39. The van der Waals surface area contributed by atoms with E-state index in [0.29, 0.717) is 11.3 Å². The van der Waals surface area contributed by atoms with E-state index < -0.39 is 0 Å². The van der Waals surface area contributed by atoms with Gasteiger partial charge in [-0.2, -0.15) is 0 Å². The normalized spacial score (nSPS) is 13.8. The molecule has 1 atom stereocenters. The van der Waals surface area contributed by atoms with Gasteiger partial charge < -0.3 is 0 Å². The zero-order valence-corrected chi connectivity index (χ0v) is 12.0. The maximum atomic E-state index is 3.80. The van der Waals surface area contributed by atoms with E-state index in [1.54, 1.807) is 0 Å². The number of hydrogen-bond donors (Lipinski definition) is 0. The van der Waals surface area contributed by atoms with Gasteiger partial charge in [-0.05, 0) is 34.8 Å². The Hall–Kier alpha value is -1.04. The Balaban J connectivity index is 3.00. The lowest BCUT2D eigenvalue weighted by Crippen LogP contribution is -2.20. The Bertz CT molecular complexity index is 349. The fourth-order valence-electron chi connectivity index (χ4n) is 2.33. The van der Waals surface area contributed by atoms with Crippen LogP contribution in [0.2, 0.25) is 0 Å². The molecule has 0 bridgehead atoms. The molecular formula is C17H26. The van der Waals surface area contributed by atoms with Crippen LogP contribution in [0.25, 0.3) is 6.08 Å². The van der Waals surface area contributed by atoms with Gasteiger partial charge in [-0.15, -0.1) is 0 Å². The van der Waals surface area contributed by atoms with E-state index in [4.69, 9.17) is 0 Å². The maximum Gasteiger partial charge on any atom is -0.0111 e. The van der Waals surface area contributed by atoms with E-state index in [-0.39, 0.29) is 0 Å². The van der Waals surface area contributed by atoms with Gasteiger partial charge in [0.05, 0.1) is 0 Å². The molecule has 0 spiro atoms. The summed E-state index contributed by atoms with van der Waals surface area (Å²) in [6.45, 7) is 15.4. The van der Waals surface area contributed by atoms with Crippen molar-refractivity contribution in [1.82, 2.24) is 0 Å². The van der Waals surface area contributed by atoms with Crippen molar-refractivity contribution in [3.05, 3.63) is 42.0 Å². The Labute approximate surface area is 107 Å². The summed E-state index contributed by atoms with van der Waals surface area (Å²) in [7, 11) is 0. The van der Waals surface area contributed by atoms with Crippen molar-refractivity contribution >= 4 is 6.08 Å². The quantitative estimate of drug-likeness (QED) is 0.640. The SMILES string of the molecule is C=Cc1ccc(C(CC(C)C)C(C)(C)C)cc1. The molecule has 0 aliphatic heterocycles. The topological polar surface area (TPSA) is 0 Å². The van der Waals surface area contributed by atoms with Gasteiger partial charge in [-0.3, -0.25) is 0 Å². The zero-order valence-electron chi connectivity index (χ0n) is 12.0. The molecule has 1 rings (SSSR count). The van der Waals surface area contributed by atoms with Crippen LogP contribution < -0.4 is 0 Å². The number of rotatable bonds is 4. The van der Waals surface area contributed by atoms with Gasteiger partial charge in [0.1, 0.15) is 0 Å². The highest BCUT2D eigenvalue weighted by Gasteiger charge is 2.26. The van der Waals surface area contributed by atoms with Crippen molar-refractivity contribution in [2.75, 3.05) is 0 Å². The van der Waals surface area contributed by atoms with Crippen molar-refractivity contribution in [3.8, 4) is 0 Å². The largest absolute Gasteiger partial charge is 0.0985 e. The summed E-state index contributed by atoms with van der Waals surface area (Å²) >= 11 is 0. The monoisotopic (exact) mass is 230 g/mol. The van der Waals surface area contributed by atoms with Gasteiger partial charge in [0, 0.05) is 0 Å². The molecule has 1 aromatic rings. The predicted molar refractivity (Wildman–Crippen MR) is 78.2 cm³/mol. The first-order valence-electron chi connectivity index (χ1n) is 6.57. The molecule has 0 fully saturated rings. The lowest BCUT2D eigenvalue weighted by molar-refractivity contribution is 0.280.